The van der Waals surface area contributed by atoms with Gasteiger partial charge in [-0.05, 0) is 20.8 Å². The van der Waals surface area contributed by atoms with Gasteiger partial charge in [0.2, 0.25) is 0 Å². The molecule has 0 spiro atoms. The van der Waals surface area contributed by atoms with Crippen molar-refractivity contribution in [3.63, 3.8) is 0 Å². The Morgan fingerprint density at radius 1 is 1.60 bits per heavy atom. The highest BCUT2D eigenvalue weighted by Crippen LogP contribution is 2.08. The number of nitrogens with zero attached hydrogens (tertiary/aromatic N) is 1. The molecule has 0 aliphatic carbocycles. The second kappa shape index (κ2) is 4.81. The van der Waals surface area contributed by atoms with Crippen LogP contribution in [0.3, 0.4) is 0 Å². The summed E-state index contributed by atoms with van der Waals surface area (Å²) in [5.41, 5.74) is 5.38. The Hall–Kier alpha value is -0.810. The highest BCUT2D eigenvalue weighted by atomic mass is 16.5. The number of nitrogens with two attached hydrogens (primary N) is 1. The molecule has 0 aromatic carbocycles. The third-order valence-corrected chi connectivity index (χ3v) is 2.24. The van der Waals surface area contributed by atoms with Gasteiger partial charge in [0.05, 0.1) is 19.3 Å². The predicted octanol–water partition coefficient (Wildman–Crippen LogP) is 0.154. The van der Waals surface area contributed by atoms with Crippen molar-refractivity contribution in [1.29, 1.82) is 0 Å². The molecule has 1 aliphatic rings. The number of amides is 2. The molecule has 15 heavy (non-hydrogen) atoms. The molecule has 1 aliphatic heterocycles. The van der Waals surface area contributed by atoms with E-state index < -0.39 is 0 Å². The summed E-state index contributed by atoms with van der Waals surface area (Å²) in [4.78, 5) is 13.6. The Kier molecular flexibility index (Phi) is 3.93. The van der Waals surface area contributed by atoms with Crippen LogP contribution < -0.4 is 11.1 Å². The lowest BCUT2D eigenvalue weighted by Gasteiger charge is -2.36. The molecule has 88 valence electrons. The first-order chi connectivity index (χ1) is 6.94. The summed E-state index contributed by atoms with van der Waals surface area (Å²) in [6.45, 7) is 8.07. The fourth-order valence-electron chi connectivity index (χ4n) is 1.51. The van der Waals surface area contributed by atoms with Crippen molar-refractivity contribution < 1.29 is 9.53 Å². The van der Waals surface area contributed by atoms with Crippen LogP contribution in [-0.2, 0) is 4.74 Å². The van der Waals surface area contributed by atoms with Crippen molar-refractivity contribution in [2.45, 2.75) is 32.4 Å². The number of ether oxygens (including phenoxy) is 1. The predicted molar refractivity (Wildman–Crippen MR) is 58.7 cm³/mol. The van der Waals surface area contributed by atoms with Gasteiger partial charge in [-0.1, -0.05) is 0 Å². The van der Waals surface area contributed by atoms with Crippen LogP contribution in [0.4, 0.5) is 4.79 Å². The zero-order valence-corrected chi connectivity index (χ0v) is 9.75. The van der Waals surface area contributed by atoms with E-state index >= 15 is 0 Å². The lowest BCUT2D eigenvalue weighted by Crippen LogP contribution is -2.58. The van der Waals surface area contributed by atoms with E-state index in [1.54, 1.807) is 4.90 Å². The van der Waals surface area contributed by atoms with E-state index in [4.69, 9.17) is 10.5 Å². The Morgan fingerprint density at radius 3 is 2.80 bits per heavy atom. The van der Waals surface area contributed by atoms with Crippen LogP contribution in [0.15, 0.2) is 0 Å². The van der Waals surface area contributed by atoms with Crippen molar-refractivity contribution >= 4 is 6.03 Å². The first-order valence-corrected chi connectivity index (χ1v) is 5.30. The molecule has 5 nitrogen and oxygen atoms in total. The van der Waals surface area contributed by atoms with Crippen LogP contribution in [0, 0.1) is 0 Å². The summed E-state index contributed by atoms with van der Waals surface area (Å²) in [5.74, 6) is 0. The molecule has 0 aromatic heterocycles. The second-order valence-corrected chi connectivity index (χ2v) is 4.84. The number of morpholine rings is 1. The molecular weight excluding hydrogens is 194 g/mol. The van der Waals surface area contributed by atoms with Gasteiger partial charge in [0.1, 0.15) is 0 Å². The summed E-state index contributed by atoms with van der Waals surface area (Å²) in [5, 5.41) is 2.93. The summed E-state index contributed by atoms with van der Waals surface area (Å²) >= 11 is 0. The largest absolute Gasteiger partial charge is 0.377 e. The van der Waals surface area contributed by atoms with E-state index in [0.29, 0.717) is 26.3 Å². The van der Waals surface area contributed by atoms with E-state index in [-0.39, 0.29) is 17.6 Å². The minimum atomic E-state index is -0.214. The minimum Gasteiger partial charge on any atom is -0.377 e. The van der Waals surface area contributed by atoms with Crippen LogP contribution in [0.2, 0.25) is 0 Å². The van der Waals surface area contributed by atoms with Gasteiger partial charge in [-0.15, -0.1) is 0 Å². The lowest BCUT2D eigenvalue weighted by atomic mass is 10.1. The molecule has 2 amide bonds. The third-order valence-electron chi connectivity index (χ3n) is 2.24. The molecule has 1 heterocycles. The van der Waals surface area contributed by atoms with E-state index in [1.807, 2.05) is 20.8 Å². The number of carbonyl (C=O) groups excluding carboxylic acids is 1. The summed E-state index contributed by atoms with van der Waals surface area (Å²) in [6, 6.07) is -0.0534. The number of nitrogens with one attached hydrogen (secondary N) is 1. The van der Waals surface area contributed by atoms with Crippen molar-refractivity contribution in [3.8, 4) is 0 Å². The number of urea groups is 1. The first-order valence-electron chi connectivity index (χ1n) is 5.30. The number of hydrogen-bond acceptors (Lipinski definition) is 3. The van der Waals surface area contributed by atoms with Crippen molar-refractivity contribution in [1.82, 2.24) is 10.2 Å². The molecule has 0 bridgehead atoms. The van der Waals surface area contributed by atoms with Crippen molar-refractivity contribution in [3.05, 3.63) is 0 Å². The summed E-state index contributed by atoms with van der Waals surface area (Å²) < 4.78 is 5.28. The molecule has 0 aromatic rings. The maximum atomic E-state index is 11.9. The standard InChI is InChI=1S/C10H21N3O2/c1-10(2,3)12-9(14)13-4-5-15-7-8(13)6-11/h8H,4-7,11H2,1-3H3,(H,12,14). The zero-order chi connectivity index (χ0) is 11.5. The Bertz CT molecular complexity index is 225. The number of rotatable bonds is 1. The van der Waals surface area contributed by atoms with E-state index in [0.717, 1.165) is 0 Å². The summed E-state index contributed by atoms with van der Waals surface area (Å²) in [6.07, 6.45) is 0. The molecule has 1 fully saturated rings. The molecule has 1 saturated heterocycles. The maximum absolute atomic E-state index is 11.9. The van der Waals surface area contributed by atoms with E-state index in [2.05, 4.69) is 5.32 Å². The van der Waals surface area contributed by atoms with Gasteiger partial charge < -0.3 is 20.7 Å². The molecule has 3 N–H and O–H groups in total. The maximum Gasteiger partial charge on any atom is 0.318 e. The van der Waals surface area contributed by atoms with E-state index in [1.165, 1.54) is 0 Å². The highest BCUT2D eigenvalue weighted by Gasteiger charge is 2.28. The van der Waals surface area contributed by atoms with Gasteiger partial charge in [0.25, 0.3) is 0 Å². The van der Waals surface area contributed by atoms with Crippen LogP contribution in [0.1, 0.15) is 20.8 Å². The zero-order valence-electron chi connectivity index (χ0n) is 9.75. The highest BCUT2D eigenvalue weighted by molar-refractivity contribution is 5.75. The average molecular weight is 215 g/mol. The topological polar surface area (TPSA) is 67.6 Å². The van der Waals surface area contributed by atoms with Crippen LogP contribution >= 0.6 is 0 Å². The lowest BCUT2D eigenvalue weighted by molar-refractivity contribution is 0.0144. The van der Waals surface area contributed by atoms with Crippen molar-refractivity contribution in [2.75, 3.05) is 26.3 Å². The van der Waals surface area contributed by atoms with Crippen LogP contribution in [0.5, 0.6) is 0 Å². The first kappa shape index (κ1) is 12.3. The quantitative estimate of drug-likeness (QED) is 0.654. The normalized spacial score (nSPS) is 22.7. The van der Waals surface area contributed by atoms with Gasteiger partial charge >= 0.3 is 6.03 Å². The molecule has 1 unspecified atom stereocenters. The second-order valence-electron chi connectivity index (χ2n) is 4.84. The van der Waals surface area contributed by atoms with Crippen LogP contribution in [-0.4, -0.2) is 48.8 Å². The summed E-state index contributed by atoms with van der Waals surface area (Å²) in [7, 11) is 0. The Labute approximate surface area is 90.9 Å². The van der Waals surface area contributed by atoms with Gasteiger partial charge in [-0.3, -0.25) is 0 Å². The van der Waals surface area contributed by atoms with Gasteiger partial charge in [0, 0.05) is 18.6 Å². The van der Waals surface area contributed by atoms with Crippen molar-refractivity contribution in [2.24, 2.45) is 5.73 Å². The molecule has 0 saturated carbocycles. The smallest absolute Gasteiger partial charge is 0.318 e. The monoisotopic (exact) mass is 215 g/mol. The van der Waals surface area contributed by atoms with Gasteiger partial charge in [-0.25, -0.2) is 4.79 Å². The fraction of sp³-hybridized carbons (Fsp3) is 0.900. The molecular formula is C10H21N3O2. The molecule has 1 rings (SSSR count). The fourth-order valence-corrected chi connectivity index (χ4v) is 1.51. The SMILES string of the molecule is CC(C)(C)NC(=O)N1CCOCC1CN. The average Bonchev–Trinajstić information content (AvgIpc) is 2.15. The third kappa shape index (κ3) is 3.68. The number of carbonyl (C=O) groups is 1. The Morgan fingerprint density at radius 2 is 2.27 bits per heavy atom. The molecule has 0 radical (unpaired) electrons. The molecule has 1 atom stereocenters. The van der Waals surface area contributed by atoms with Gasteiger partial charge in [0.15, 0.2) is 0 Å². The van der Waals surface area contributed by atoms with E-state index in [9.17, 15) is 4.79 Å². The number of hydrogen-bond donors (Lipinski definition) is 2. The minimum absolute atomic E-state index is 0.00102. The van der Waals surface area contributed by atoms with Gasteiger partial charge in [-0.2, -0.15) is 0 Å². The Balaban J connectivity index is 2.56. The molecule has 5 heteroatoms. The van der Waals surface area contributed by atoms with Crippen LogP contribution in [0.25, 0.3) is 0 Å².